The molecule has 0 radical (unpaired) electrons. The maximum absolute atomic E-state index is 12.8. The van der Waals surface area contributed by atoms with E-state index in [4.69, 9.17) is 9.15 Å². The van der Waals surface area contributed by atoms with Gasteiger partial charge in [-0.3, -0.25) is 9.59 Å². The Labute approximate surface area is 143 Å². The van der Waals surface area contributed by atoms with Crippen LogP contribution in [-0.2, 0) is 20.9 Å². The van der Waals surface area contributed by atoms with Gasteiger partial charge >= 0.3 is 5.97 Å². The number of hydrogen-bond acceptors (Lipinski definition) is 5. The zero-order valence-electron chi connectivity index (χ0n) is 13.2. The van der Waals surface area contributed by atoms with Gasteiger partial charge in [-0.05, 0) is 43.3 Å². The molecule has 1 heterocycles. The van der Waals surface area contributed by atoms with Crippen LogP contribution in [0, 0.1) is 5.82 Å². The van der Waals surface area contributed by atoms with Gasteiger partial charge in [0.2, 0.25) is 0 Å². The van der Waals surface area contributed by atoms with E-state index in [1.807, 2.05) is 0 Å². The van der Waals surface area contributed by atoms with Crippen molar-refractivity contribution < 1.29 is 23.1 Å². The van der Waals surface area contributed by atoms with E-state index < -0.39 is 12.1 Å². The van der Waals surface area contributed by atoms with Crippen LogP contribution in [0.3, 0.4) is 0 Å². The number of furan rings is 1. The topological polar surface area (TPSA) is 68.5 Å². The second-order valence-electron chi connectivity index (χ2n) is 4.98. The van der Waals surface area contributed by atoms with E-state index in [0.717, 1.165) is 4.90 Å². The summed E-state index contributed by atoms with van der Waals surface area (Å²) >= 11 is 1.42. The number of ether oxygens (including phenoxy) is 1. The fraction of sp³-hybridized carbons (Fsp3) is 0.294. The molecule has 7 heteroatoms. The van der Waals surface area contributed by atoms with E-state index in [2.05, 4.69) is 5.32 Å². The Morgan fingerprint density at radius 3 is 2.71 bits per heavy atom. The van der Waals surface area contributed by atoms with Crippen molar-refractivity contribution in [2.75, 3.05) is 5.75 Å². The second kappa shape index (κ2) is 9.12. The maximum Gasteiger partial charge on any atom is 0.307 e. The Morgan fingerprint density at radius 1 is 1.29 bits per heavy atom. The quantitative estimate of drug-likeness (QED) is 0.584. The van der Waals surface area contributed by atoms with Gasteiger partial charge in [0.15, 0.2) is 6.10 Å². The van der Waals surface area contributed by atoms with Crippen LogP contribution in [0.1, 0.15) is 19.1 Å². The van der Waals surface area contributed by atoms with Gasteiger partial charge in [-0.25, -0.2) is 4.39 Å². The maximum atomic E-state index is 12.8. The first kappa shape index (κ1) is 18.1. The Bertz CT molecular complexity index is 658. The van der Waals surface area contributed by atoms with Crippen LogP contribution in [0.5, 0.6) is 0 Å². The van der Waals surface area contributed by atoms with Crippen molar-refractivity contribution in [2.45, 2.75) is 30.9 Å². The zero-order valence-corrected chi connectivity index (χ0v) is 14.0. The molecule has 1 aromatic heterocycles. The Hall–Kier alpha value is -2.28. The third kappa shape index (κ3) is 6.08. The summed E-state index contributed by atoms with van der Waals surface area (Å²) in [5.41, 5.74) is 0. The molecule has 1 N–H and O–H groups in total. The number of thioether (sulfide) groups is 1. The number of rotatable bonds is 8. The molecule has 0 fully saturated rings. The van der Waals surface area contributed by atoms with E-state index >= 15 is 0 Å². The van der Waals surface area contributed by atoms with Gasteiger partial charge < -0.3 is 14.5 Å². The number of halogens is 1. The summed E-state index contributed by atoms with van der Waals surface area (Å²) in [4.78, 5) is 24.4. The van der Waals surface area contributed by atoms with Crippen molar-refractivity contribution >= 4 is 23.6 Å². The fourth-order valence-corrected chi connectivity index (χ4v) is 2.66. The molecule has 2 rings (SSSR count). The third-order valence-electron chi connectivity index (χ3n) is 3.08. The van der Waals surface area contributed by atoms with Gasteiger partial charge in [0.25, 0.3) is 5.91 Å². The van der Waals surface area contributed by atoms with Crippen LogP contribution in [-0.4, -0.2) is 23.7 Å². The van der Waals surface area contributed by atoms with E-state index in [-0.39, 0.29) is 24.7 Å². The van der Waals surface area contributed by atoms with E-state index in [1.54, 1.807) is 24.3 Å². The molecule has 0 aliphatic heterocycles. The summed E-state index contributed by atoms with van der Waals surface area (Å²) in [6.45, 7) is 1.76. The molecule has 0 saturated carbocycles. The minimum absolute atomic E-state index is 0.165. The number of carbonyl (C=O) groups excluding carboxylic acids is 2. The van der Waals surface area contributed by atoms with Crippen LogP contribution >= 0.6 is 11.8 Å². The van der Waals surface area contributed by atoms with Gasteiger partial charge in [0, 0.05) is 10.6 Å². The molecule has 1 atom stereocenters. The smallest absolute Gasteiger partial charge is 0.307 e. The SMILES string of the molecule is C[C@H](OC(=O)CCSc1ccc(F)cc1)C(=O)NCc1ccco1. The molecule has 128 valence electrons. The Balaban J connectivity index is 1.65. The molecule has 1 amide bonds. The summed E-state index contributed by atoms with van der Waals surface area (Å²) in [7, 11) is 0. The highest BCUT2D eigenvalue weighted by molar-refractivity contribution is 7.99. The highest BCUT2D eigenvalue weighted by Gasteiger charge is 2.17. The molecule has 1 aromatic carbocycles. The largest absolute Gasteiger partial charge is 0.467 e. The molecular weight excluding hydrogens is 333 g/mol. The zero-order chi connectivity index (χ0) is 17.4. The van der Waals surface area contributed by atoms with E-state index in [9.17, 15) is 14.0 Å². The van der Waals surface area contributed by atoms with Gasteiger partial charge in [0.05, 0.1) is 19.2 Å². The summed E-state index contributed by atoms with van der Waals surface area (Å²) in [6.07, 6.45) is 0.810. The monoisotopic (exact) mass is 351 g/mol. The molecule has 5 nitrogen and oxygen atoms in total. The van der Waals surface area contributed by atoms with Gasteiger partial charge in [-0.2, -0.15) is 0 Å². The summed E-state index contributed by atoms with van der Waals surface area (Å²) in [5, 5.41) is 2.63. The van der Waals surface area contributed by atoms with Crippen LogP contribution in [0.4, 0.5) is 4.39 Å². The van der Waals surface area contributed by atoms with Crippen LogP contribution in [0.15, 0.2) is 52.0 Å². The molecule has 0 aliphatic carbocycles. The van der Waals surface area contributed by atoms with Crippen molar-refractivity contribution in [1.82, 2.24) is 5.32 Å². The first-order chi connectivity index (χ1) is 11.5. The Morgan fingerprint density at radius 2 is 2.04 bits per heavy atom. The lowest BCUT2D eigenvalue weighted by atomic mass is 10.3. The lowest BCUT2D eigenvalue weighted by Gasteiger charge is -2.13. The van der Waals surface area contributed by atoms with Crippen molar-refractivity contribution in [3.05, 3.63) is 54.2 Å². The Kier molecular flexibility index (Phi) is 6.87. The number of amides is 1. The molecule has 2 aromatic rings. The summed E-state index contributed by atoms with van der Waals surface area (Å²) in [5.74, 6) is -0.0208. The van der Waals surface area contributed by atoms with Crippen LogP contribution < -0.4 is 5.32 Å². The summed E-state index contributed by atoms with van der Waals surface area (Å²) in [6, 6.07) is 9.50. The standard InChI is InChI=1S/C17H18FNO4S/c1-12(17(21)19-11-14-3-2-9-22-14)23-16(20)8-10-24-15-6-4-13(18)5-7-15/h2-7,9,12H,8,10-11H2,1H3,(H,19,21)/t12-/m0/s1. The van der Waals surface area contributed by atoms with Crippen LogP contribution in [0.2, 0.25) is 0 Å². The fourth-order valence-electron chi connectivity index (χ4n) is 1.82. The molecule has 24 heavy (non-hydrogen) atoms. The first-order valence-electron chi connectivity index (χ1n) is 7.42. The van der Waals surface area contributed by atoms with Gasteiger partial charge in [-0.1, -0.05) is 0 Å². The van der Waals surface area contributed by atoms with Crippen molar-refractivity contribution in [3.8, 4) is 0 Å². The van der Waals surface area contributed by atoms with E-state index in [0.29, 0.717) is 11.5 Å². The normalized spacial score (nSPS) is 11.8. The van der Waals surface area contributed by atoms with Gasteiger partial charge in [-0.15, -0.1) is 11.8 Å². The molecule has 0 saturated heterocycles. The molecule has 0 bridgehead atoms. The summed E-state index contributed by atoms with van der Waals surface area (Å²) < 4.78 is 23.0. The lowest BCUT2D eigenvalue weighted by Crippen LogP contribution is -2.35. The number of nitrogens with one attached hydrogen (secondary N) is 1. The molecule has 0 aliphatic rings. The average Bonchev–Trinajstić information content (AvgIpc) is 3.08. The van der Waals surface area contributed by atoms with Crippen molar-refractivity contribution in [1.29, 1.82) is 0 Å². The second-order valence-corrected chi connectivity index (χ2v) is 6.15. The van der Waals surface area contributed by atoms with Crippen molar-refractivity contribution in [2.24, 2.45) is 0 Å². The molecule has 0 spiro atoms. The predicted octanol–water partition coefficient (Wildman–Crippen LogP) is 3.15. The highest BCUT2D eigenvalue weighted by atomic mass is 32.2. The third-order valence-corrected chi connectivity index (χ3v) is 4.10. The minimum atomic E-state index is -0.872. The number of esters is 1. The number of benzene rings is 1. The number of carbonyl (C=O) groups is 2. The van der Waals surface area contributed by atoms with Gasteiger partial charge in [0.1, 0.15) is 11.6 Å². The average molecular weight is 351 g/mol. The molecular formula is C17H18FNO4S. The predicted molar refractivity (Wildman–Crippen MR) is 87.8 cm³/mol. The minimum Gasteiger partial charge on any atom is -0.467 e. The van der Waals surface area contributed by atoms with Crippen LogP contribution in [0.25, 0.3) is 0 Å². The van der Waals surface area contributed by atoms with E-state index in [1.165, 1.54) is 37.1 Å². The number of hydrogen-bond donors (Lipinski definition) is 1. The molecule has 0 unspecified atom stereocenters. The van der Waals surface area contributed by atoms with Crippen molar-refractivity contribution in [3.63, 3.8) is 0 Å². The lowest BCUT2D eigenvalue weighted by molar-refractivity contribution is -0.154. The first-order valence-corrected chi connectivity index (χ1v) is 8.41. The highest BCUT2D eigenvalue weighted by Crippen LogP contribution is 2.19.